The van der Waals surface area contributed by atoms with Gasteiger partial charge in [-0.15, -0.1) is 0 Å². The fraction of sp³-hybridized carbons (Fsp3) is 0.353. The topological polar surface area (TPSA) is 51.0 Å². The van der Waals surface area contributed by atoms with Crippen LogP contribution in [0.1, 0.15) is 11.3 Å². The molecule has 0 saturated heterocycles. The summed E-state index contributed by atoms with van der Waals surface area (Å²) in [4.78, 5) is 6.45. The van der Waals surface area contributed by atoms with Gasteiger partial charge < -0.3 is 24.3 Å². The van der Waals surface area contributed by atoms with Gasteiger partial charge in [0, 0.05) is 39.6 Å². The summed E-state index contributed by atoms with van der Waals surface area (Å²) in [7, 11) is 5.87. The first-order valence-electron chi connectivity index (χ1n) is 7.58. The van der Waals surface area contributed by atoms with Crippen molar-refractivity contribution in [3.8, 4) is 11.5 Å². The SMILES string of the molecule is CN=C(NCc1ccc2c(c1)OCO2)N(C)Cc1cccn1C. The highest BCUT2D eigenvalue weighted by atomic mass is 16.7. The highest BCUT2D eigenvalue weighted by Gasteiger charge is 2.14. The van der Waals surface area contributed by atoms with Crippen molar-refractivity contribution in [1.29, 1.82) is 0 Å². The minimum atomic E-state index is 0.299. The van der Waals surface area contributed by atoms with Crippen molar-refractivity contribution in [2.75, 3.05) is 20.9 Å². The van der Waals surface area contributed by atoms with Crippen LogP contribution in [0.3, 0.4) is 0 Å². The number of hydrogen-bond acceptors (Lipinski definition) is 3. The third-order valence-electron chi connectivity index (χ3n) is 3.91. The van der Waals surface area contributed by atoms with Crippen LogP contribution in [0.25, 0.3) is 0 Å². The highest BCUT2D eigenvalue weighted by Crippen LogP contribution is 2.32. The van der Waals surface area contributed by atoms with E-state index in [-0.39, 0.29) is 0 Å². The zero-order valence-electron chi connectivity index (χ0n) is 13.7. The molecular weight excluding hydrogens is 292 g/mol. The molecule has 0 amide bonds. The van der Waals surface area contributed by atoms with Gasteiger partial charge >= 0.3 is 0 Å². The molecule has 122 valence electrons. The lowest BCUT2D eigenvalue weighted by Crippen LogP contribution is -2.38. The number of fused-ring (bicyclic) bond motifs is 1. The first-order chi connectivity index (χ1) is 11.2. The smallest absolute Gasteiger partial charge is 0.231 e. The van der Waals surface area contributed by atoms with Crippen LogP contribution >= 0.6 is 0 Å². The third kappa shape index (κ3) is 3.41. The van der Waals surface area contributed by atoms with E-state index < -0.39 is 0 Å². The van der Waals surface area contributed by atoms with Crippen molar-refractivity contribution in [2.24, 2.45) is 12.0 Å². The molecule has 23 heavy (non-hydrogen) atoms. The normalized spacial score (nSPS) is 13.3. The number of benzene rings is 1. The van der Waals surface area contributed by atoms with Gasteiger partial charge in [-0.05, 0) is 29.8 Å². The zero-order chi connectivity index (χ0) is 16.2. The summed E-state index contributed by atoms with van der Waals surface area (Å²) in [6.07, 6.45) is 2.05. The number of hydrogen-bond donors (Lipinski definition) is 1. The number of aliphatic imine (C=N–C) groups is 1. The molecule has 0 atom stereocenters. The number of aryl methyl sites for hydroxylation is 1. The van der Waals surface area contributed by atoms with Gasteiger partial charge in [-0.2, -0.15) is 0 Å². The van der Waals surface area contributed by atoms with Crippen molar-refractivity contribution in [2.45, 2.75) is 13.1 Å². The molecule has 1 aliphatic heterocycles. The van der Waals surface area contributed by atoms with Crippen molar-refractivity contribution in [3.63, 3.8) is 0 Å². The van der Waals surface area contributed by atoms with E-state index in [1.165, 1.54) is 5.69 Å². The minimum absolute atomic E-state index is 0.299. The lowest BCUT2D eigenvalue weighted by molar-refractivity contribution is 0.174. The van der Waals surface area contributed by atoms with Gasteiger partial charge in [0.05, 0.1) is 6.54 Å². The van der Waals surface area contributed by atoms with Gasteiger partial charge in [-0.3, -0.25) is 4.99 Å². The van der Waals surface area contributed by atoms with E-state index in [4.69, 9.17) is 9.47 Å². The molecule has 0 radical (unpaired) electrons. The van der Waals surface area contributed by atoms with E-state index in [1.54, 1.807) is 7.05 Å². The van der Waals surface area contributed by atoms with Crippen LogP contribution in [-0.4, -0.2) is 36.3 Å². The van der Waals surface area contributed by atoms with Gasteiger partial charge in [0.15, 0.2) is 17.5 Å². The van der Waals surface area contributed by atoms with Crippen LogP contribution in [0.5, 0.6) is 11.5 Å². The predicted octanol–water partition coefficient (Wildman–Crippen LogP) is 1.96. The molecule has 0 fully saturated rings. The van der Waals surface area contributed by atoms with Crippen molar-refractivity contribution in [1.82, 2.24) is 14.8 Å². The monoisotopic (exact) mass is 314 g/mol. The second-order valence-corrected chi connectivity index (χ2v) is 5.55. The summed E-state index contributed by atoms with van der Waals surface area (Å²) in [5, 5.41) is 3.38. The Morgan fingerprint density at radius 3 is 2.87 bits per heavy atom. The maximum atomic E-state index is 5.41. The van der Waals surface area contributed by atoms with E-state index in [0.29, 0.717) is 13.3 Å². The van der Waals surface area contributed by atoms with E-state index in [9.17, 15) is 0 Å². The van der Waals surface area contributed by atoms with Crippen LogP contribution in [0.15, 0.2) is 41.5 Å². The average molecular weight is 314 g/mol. The maximum Gasteiger partial charge on any atom is 0.231 e. The first kappa shape index (κ1) is 15.3. The first-order valence-corrected chi connectivity index (χ1v) is 7.58. The molecule has 1 N–H and O–H groups in total. The van der Waals surface area contributed by atoms with Gasteiger partial charge in [-0.25, -0.2) is 0 Å². The Morgan fingerprint density at radius 1 is 1.30 bits per heavy atom. The predicted molar refractivity (Wildman–Crippen MR) is 89.6 cm³/mol. The Morgan fingerprint density at radius 2 is 2.13 bits per heavy atom. The number of nitrogens with zero attached hydrogens (tertiary/aromatic N) is 3. The highest BCUT2D eigenvalue weighted by molar-refractivity contribution is 5.79. The Balaban J connectivity index is 1.60. The summed E-state index contributed by atoms with van der Waals surface area (Å²) in [5.74, 6) is 2.46. The fourth-order valence-electron chi connectivity index (χ4n) is 2.60. The summed E-state index contributed by atoms with van der Waals surface area (Å²) in [5.41, 5.74) is 2.36. The molecule has 6 nitrogen and oxygen atoms in total. The standard InChI is InChI=1S/C17H22N4O2/c1-18-17(21(3)11-14-5-4-8-20(14)2)19-10-13-6-7-15-16(9-13)23-12-22-15/h4-9H,10-12H2,1-3H3,(H,18,19). The van der Waals surface area contributed by atoms with Crippen LogP contribution in [-0.2, 0) is 20.1 Å². The van der Waals surface area contributed by atoms with Crippen LogP contribution in [0.2, 0.25) is 0 Å². The molecule has 0 aliphatic carbocycles. The lowest BCUT2D eigenvalue weighted by Gasteiger charge is -2.22. The molecule has 1 aliphatic rings. The van der Waals surface area contributed by atoms with E-state index in [2.05, 4.69) is 25.8 Å². The second-order valence-electron chi connectivity index (χ2n) is 5.55. The van der Waals surface area contributed by atoms with Gasteiger partial charge in [-0.1, -0.05) is 6.07 Å². The van der Waals surface area contributed by atoms with Crippen LogP contribution < -0.4 is 14.8 Å². The Kier molecular flexibility index (Phi) is 4.41. The average Bonchev–Trinajstić information content (AvgIpc) is 3.17. The molecular formula is C17H22N4O2. The number of nitrogens with one attached hydrogen (secondary N) is 1. The number of aromatic nitrogens is 1. The largest absolute Gasteiger partial charge is 0.454 e. The fourth-order valence-corrected chi connectivity index (χ4v) is 2.60. The van der Waals surface area contributed by atoms with E-state index in [1.807, 2.05) is 44.6 Å². The molecule has 2 aromatic rings. The molecule has 3 rings (SSSR count). The van der Waals surface area contributed by atoms with Gasteiger partial charge in [0.1, 0.15) is 0 Å². The van der Waals surface area contributed by atoms with Crippen molar-refractivity contribution >= 4 is 5.96 Å². The van der Waals surface area contributed by atoms with Gasteiger partial charge in [0.2, 0.25) is 6.79 Å². The molecule has 0 saturated carbocycles. The summed E-state index contributed by atoms with van der Waals surface area (Å²) in [6, 6.07) is 10.1. The molecule has 0 spiro atoms. The number of guanidine groups is 1. The maximum absolute atomic E-state index is 5.41. The molecule has 2 heterocycles. The van der Waals surface area contributed by atoms with Crippen LogP contribution in [0.4, 0.5) is 0 Å². The Hall–Kier alpha value is -2.63. The van der Waals surface area contributed by atoms with Crippen LogP contribution in [0, 0.1) is 0 Å². The second kappa shape index (κ2) is 6.64. The molecule has 0 unspecified atom stereocenters. The number of rotatable bonds is 4. The molecule has 6 heteroatoms. The molecule has 1 aromatic carbocycles. The Labute approximate surface area is 136 Å². The summed E-state index contributed by atoms with van der Waals surface area (Å²) < 4.78 is 12.9. The third-order valence-corrected chi connectivity index (χ3v) is 3.91. The van der Waals surface area contributed by atoms with Crippen molar-refractivity contribution in [3.05, 3.63) is 47.8 Å². The Bertz CT molecular complexity index is 708. The molecule has 0 bridgehead atoms. The lowest BCUT2D eigenvalue weighted by atomic mass is 10.2. The minimum Gasteiger partial charge on any atom is -0.454 e. The molecule has 1 aromatic heterocycles. The quantitative estimate of drug-likeness (QED) is 0.692. The van der Waals surface area contributed by atoms with Gasteiger partial charge in [0.25, 0.3) is 0 Å². The van der Waals surface area contributed by atoms with E-state index in [0.717, 1.165) is 29.6 Å². The summed E-state index contributed by atoms with van der Waals surface area (Å²) in [6.45, 7) is 1.78. The van der Waals surface area contributed by atoms with E-state index >= 15 is 0 Å². The van der Waals surface area contributed by atoms with Crippen molar-refractivity contribution < 1.29 is 9.47 Å². The summed E-state index contributed by atoms with van der Waals surface area (Å²) >= 11 is 0. The zero-order valence-corrected chi connectivity index (χ0v) is 13.7. The number of ether oxygens (including phenoxy) is 2.